The van der Waals surface area contributed by atoms with Crippen LogP contribution in [0.1, 0.15) is 0 Å². The quantitative estimate of drug-likeness (QED) is 0.667. The zero-order valence-electron chi connectivity index (χ0n) is 5.11. The molecule has 1 aromatic carbocycles. The van der Waals surface area contributed by atoms with Gasteiger partial charge in [0.2, 0.25) is 0 Å². The fourth-order valence-electron chi connectivity index (χ4n) is 0.520. The van der Waals surface area contributed by atoms with Gasteiger partial charge in [-0.1, -0.05) is 0 Å². The summed E-state index contributed by atoms with van der Waals surface area (Å²) >= 11 is 0.310. The Kier molecular flexibility index (Phi) is 2.93. The third-order valence-corrected chi connectivity index (χ3v) is 2.05. The molecule has 0 aliphatic rings. The Hall–Kier alpha value is -0.158. The molecule has 2 heteroatoms. The van der Waals surface area contributed by atoms with Gasteiger partial charge in [0.25, 0.3) is 0 Å². The molecule has 0 saturated carbocycles. The van der Waals surface area contributed by atoms with Crippen LogP contribution in [0.5, 0.6) is 0 Å². The average Bonchev–Trinajstić information content (AvgIpc) is 1.91. The molecule has 9 heavy (non-hydrogen) atoms. The van der Waals surface area contributed by atoms with Gasteiger partial charge in [0.15, 0.2) is 0 Å². The zero-order chi connectivity index (χ0) is 6.53. The van der Waals surface area contributed by atoms with Crippen LogP contribution in [0, 0.1) is 0 Å². The van der Waals surface area contributed by atoms with Crippen LogP contribution in [0.2, 0.25) is 0 Å². The van der Waals surface area contributed by atoms with E-state index in [9.17, 15) is 0 Å². The third-order valence-electron chi connectivity index (χ3n) is 0.852. The van der Waals surface area contributed by atoms with Crippen molar-refractivity contribution in [3.63, 3.8) is 0 Å². The topological polar surface area (TPSA) is 9.23 Å². The molecule has 0 aliphatic carbocycles. The molecule has 0 atom stereocenters. The Morgan fingerprint density at radius 2 is 1.89 bits per heavy atom. The average molecular weight is 215 g/mol. The molecule has 52 valence electrons. The normalized spacial score (nSPS) is 9.89. The van der Waals surface area contributed by atoms with E-state index in [1.165, 1.54) is 4.04 Å². The van der Waals surface area contributed by atoms with E-state index in [1.807, 2.05) is 18.2 Å². The van der Waals surface area contributed by atoms with Crippen LogP contribution in [-0.2, 0) is 21.8 Å². The van der Waals surface area contributed by atoms with Gasteiger partial charge in [0.1, 0.15) is 0 Å². The van der Waals surface area contributed by atoms with Crippen LogP contribution in [-0.4, -0.2) is 7.11 Å². The van der Waals surface area contributed by atoms with E-state index in [4.69, 9.17) is 3.46 Å². The van der Waals surface area contributed by atoms with Crippen LogP contribution < -0.4 is 4.04 Å². The molecule has 1 rings (SSSR count). The van der Waals surface area contributed by atoms with Crippen molar-refractivity contribution in [2.45, 2.75) is 0 Å². The predicted molar refractivity (Wildman–Crippen MR) is 33.1 cm³/mol. The van der Waals surface area contributed by atoms with E-state index >= 15 is 0 Å². The van der Waals surface area contributed by atoms with E-state index in [0.717, 1.165) is 0 Å². The van der Waals surface area contributed by atoms with Crippen LogP contribution in [0.15, 0.2) is 30.3 Å². The fraction of sp³-hybridized carbons (Fsp3) is 0.143. The number of hydrogen-bond acceptors (Lipinski definition) is 1. The second-order valence-electron chi connectivity index (χ2n) is 1.45. The summed E-state index contributed by atoms with van der Waals surface area (Å²) in [5, 5.41) is 0. The van der Waals surface area contributed by atoms with E-state index in [1.54, 1.807) is 7.11 Å². The molecule has 0 N–H and O–H groups in total. The summed E-state index contributed by atoms with van der Waals surface area (Å²) in [5.41, 5.74) is 0. The van der Waals surface area contributed by atoms with E-state index in [-0.39, 0.29) is 0 Å². The van der Waals surface area contributed by atoms with Crippen LogP contribution >= 0.6 is 0 Å². The standard InChI is InChI=1S/C6H5.CH3O.Pd/c1-2-4-6-5-3-1;1-2;/h1-5H;1H3;/q;-1;+1. The van der Waals surface area contributed by atoms with Crippen molar-refractivity contribution in [2.75, 3.05) is 7.11 Å². The van der Waals surface area contributed by atoms with Gasteiger partial charge in [-0.05, 0) is 0 Å². The van der Waals surface area contributed by atoms with Crippen molar-refractivity contribution in [1.82, 2.24) is 0 Å². The molecular formula is C7H8OPd. The van der Waals surface area contributed by atoms with Crippen molar-refractivity contribution in [3.8, 4) is 0 Å². The van der Waals surface area contributed by atoms with E-state index < -0.39 is 0 Å². The molecule has 0 heterocycles. The monoisotopic (exact) mass is 214 g/mol. The first-order chi connectivity index (χ1) is 4.43. The van der Waals surface area contributed by atoms with Crippen LogP contribution in [0.3, 0.4) is 0 Å². The number of hydrogen-bond donors (Lipinski definition) is 0. The van der Waals surface area contributed by atoms with Crippen LogP contribution in [0.4, 0.5) is 0 Å². The fourth-order valence-corrected chi connectivity index (χ4v) is 1.40. The maximum absolute atomic E-state index is 4.98. The van der Waals surface area contributed by atoms with Crippen molar-refractivity contribution < 1.29 is 21.8 Å². The van der Waals surface area contributed by atoms with Gasteiger partial charge in [-0.25, -0.2) is 0 Å². The summed E-state index contributed by atoms with van der Waals surface area (Å²) < 4.78 is 6.25. The Balaban J connectivity index is 2.61. The van der Waals surface area contributed by atoms with Gasteiger partial charge in [0.05, 0.1) is 0 Å². The van der Waals surface area contributed by atoms with E-state index in [0.29, 0.717) is 18.4 Å². The van der Waals surface area contributed by atoms with Gasteiger partial charge in [-0.3, -0.25) is 0 Å². The number of rotatable bonds is 2. The Morgan fingerprint density at radius 1 is 1.22 bits per heavy atom. The van der Waals surface area contributed by atoms with Crippen molar-refractivity contribution in [3.05, 3.63) is 30.3 Å². The molecule has 0 unspecified atom stereocenters. The van der Waals surface area contributed by atoms with Gasteiger partial charge in [0, 0.05) is 0 Å². The van der Waals surface area contributed by atoms with E-state index in [2.05, 4.69) is 12.1 Å². The van der Waals surface area contributed by atoms with Gasteiger partial charge >= 0.3 is 63.3 Å². The molecule has 1 aromatic rings. The first kappa shape index (κ1) is 6.96. The molecule has 0 fully saturated rings. The molecule has 0 bridgehead atoms. The maximum atomic E-state index is 4.98. The zero-order valence-corrected chi connectivity index (χ0v) is 6.67. The first-order valence-electron chi connectivity index (χ1n) is 2.61. The summed E-state index contributed by atoms with van der Waals surface area (Å²) in [4.78, 5) is 0. The molecule has 0 amide bonds. The van der Waals surface area contributed by atoms with Gasteiger partial charge in [-0.2, -0.15) is 0 Å². The number of benzene rings is 1. The predicted octanol–water partition coefficient (Wildman–Crippen LogP) is 0.956. The Morgan fingerprint density at radius 3 is 2.44 bits per heavy atom. The molecule has 0 aromatic heterocycles. The second-order valence-corrected chi connectivity index (χ2v) is 3.30. The molecule has 0 saturated heterocycles. The van der Waals surface area contributed by atoms with Crippen molar-refractivity contribution in [2.24, 2.45) is 0 Å². The van der Waals surface area contributed by atoms with Gasteiger partial charge in [-0.15, -0.1) is 0 Å². The summed E-state index contributed by atoms with van der Waals surface area (Å²) in [7, 11) is 1.72. The summed E-state index contributed by atoms with van der Waals surface area (Å²) in [5.74, 6) is 0. The SMILES string of the molecule is C[O][Pd][c]1ccccc1. The van der Waals surface area contributed by atoms with Crippen molar-refractivity contribution in [1.29, 1.82) is 0 Å². The van der Waals surface area contributed by atoms with Crippen molar-refractivity contribution >= 4 is 4.04 Å². The Bertz CT molecular complexity index is 162. The molecule has 0 radical (unpaired) electrons. The van der Waals surface area contributed by atoms with Crippen LogP contribution in [0.25, 0.3) is 0 Å². The first-order valence-corrected chi connectivity index (χ1v) is 4.02. The molecule has 0 spiro atoms. The third kappa shape index (κ3) is 2.28. The Labute approximate surface area is 63.6 Å². The minimum absolute atomic E-state index is 0.310. The molecule has 0 aliphatic heterocycles. The molecular weight excluding hydrogens is 206 g/mol. The summed E-state index contributed by atoms with van der Waals surface area (Å²) in [6.45, 7) is 0. The minimum atomic E-state index is 0.310. The second kappa shape index (κ2) is 3.79. The summed E-state index contributed by atoms with van der Waals surface area (Å²) in [6.07, 6.45) is 0. The van der Waals surface area contributed by atoms with Gasteiger partial charge < -0.3 is 0 Å². The molecule has 1 nitrogen and oxygen atoms in total. The summed E-state index contributed by atoms with van der Waals surface area (Å²) in [6, 6.07) is 10.2.